The molecule has 41 heavy (non-hydrogen) atoms. The number of carbonyl (C=O) groups excluding carboxylic acids is 1. The van der Waals surface area contributed by atoms with Crippen molar-refractivity contribution >= 4 is 5.97 Å². The molecule has 0 spiro atoms. The van der Waals surface area contributed by atoms with Crippen LogP contribution >= 0.6 is 0 Å². The van der Waals surface area contributed by atoms with Gasteiger partial charge in [-0.2, -0.15) is 0 Å². The molecule has 1 saturated heterocycles. The van der Waals surface area contributed by atoms with Gasteiger partial charge in [-0.25, -0.2) is 0 Å². The second-order valence-corrected chi connectivity index (χ2v) is 16.3. The van der Waals surface area contributed by atoms with E-state index in [1.165, 1.54) is 89.9 Å². The number of ether oxygens (including phenoxy) is 2. The third-order valence-corrected chi connectivity index (χ3v) is 13.1. The highest BCUT2D eigenvalue weighted by molar-refractivity contribution is 5.69. The number of allylic oxidation sites excluding steroid dienone is 1. The van der Waals surface area contributed by atoms with E-state index in [0.29, 0.717) is 23.4 Å². The summed E-state index contributed by atoms with van der Waals surface area (Å²) in [5, 5.41) is 0. The van der Waals surface area contributed by atoms with Gasteiger partial charge in [-0.15, -0.1) is 0 Å². The van der Waals surface area contributed by atoms with Crippen molar-refractivity contribution in [2.45, 2.75) is 169 Å². The van der Waals surface area contributed by atoms with Gasteiger partial charge in [0.15, 0.2) is 0 Å². The van der Waals surface area contributed by atoms with Gasteiger partial charge in [-0.1, -0.05) is 97.6 Å². The van der Waals surface area contributed by atoms with Gasteiger partial charge in [0, 0.05) is 12.8 Å². The van der Waals surface area contributed by atoms with Crippen LogP contribution in [0, 0.1) is 46.3 Å². The molecule has 0 amide bonds. The Labute approximate surface area is 253 Å². The molecule has 0 aromatic carbocycles. The van der Waals surface area contributed by atoms with E-state index in [0.717, 1.165) is 67.8 Å². The molecule has 234 valence electrons. The van der Waals surface area contributed by atoms with Crippen molar-refractivity contribution in [2.75, 3.05) is 6.61 Å². The van der Waals surface area contributed by atoms with E-state index in [2.05, 4.69) is 40.7 Å². The summed E-state index contributed by atoms with van der Waals surface area (Å²) in [5.74, 6) is 5.31. The Morgan fingerprint density at radius 2 is 1.68 bits per heavy atom. The maximum Gasteiger partial charge on any atom is 0.306 e. The van der Waals surface area contributed by atoms with E-state index in [1.54, 1.807) is 5.57 Å². The van der Waals surface area contributed by atoms with Gasteiger partial charge in [0.05, 0.1) is 12.7 Å². The monoisotopic (exact) mass is 568 g/mol. The van der Waals surface area contributed by atoms with Crippen LogP contribution in [0.25, 0.3) is 0 Å². The third-order valence-electron chi connectivity index (χ3n) is 13.1. The van der Waals surface area contributed by atoms with Gasteiger partial charge in [-0.3, -0.25) is 4.79 Å². The quantitative estimate of drug-likeness (QED) is 0.0853. The molecule has 1 unspecified atom stereocenters. The number of rotatable bonds is 15. The lowest BCUT2D eigenvalue weighted by atomic mass is 9.47. The first-order chi connectivity index (χ1) is 19.7. The lowest BCUT2D eigenvalue weighted by Gasteiger charge is -2.58. The molecule has 0 N–H and O–H groups in total. The molecule has 0 aromatic heterocycles. The first-order valence-corrected chi connectivity index (χ1v) is 18.2. The summed E-state index contributed by atoms with van der Waals surface area (Å²) in [7, 11) is 0. The van der Waals surface area contributed by atoms with Crippen molar-refractivity contribution < 1.29 is 14.3 Å². The number of hydrogen-bond donors (Lipinski definition) is 0. The average Bonchev–Trinajstić information content (AvgIpc) is 3.69. The fraction of sp³-hybridized carbons (Fsp3) is 0.921. The van der Waals surface area contributed by atoms with Crippen LogP contribution in [0.2, 0.25) is 0 Å². The number of epoxide rings is 1. The van der Waals surface area contributed by atoms with Gasteiger partial charge in [-0.05, 0) is 104 Å². The van der Waals surface area contributed by atoms with Crippen molar-refractivity contribution in [3.05, 3.63) is 11.6 Å². The molecule has 3 saturated carbocycles. The molecule has 0 bridgehead atoms. The van der Waals surface area contributed by atoms with E-state index in [1.807, 2.05) is 0 Å². The molecule has 4 fully saturated rings. The van der Waals surface area contributed by atoms with Crippen LogP contribution in [0.1, 0.15) is 157 Å². The Bertz CT molecular complexity index is 888. The average molecular weight is 569 g/mol. The molecule has 5 aliphatic rings. The van der Waals surface area contributed by atoms with Crippen LogP contribution in [-0.2, 0) is 14.3 Å². The summed E-state index contributed by atoms with van der Waals surface area (Å²) in [5.41, 5.74) is 2.53. The molecule has 3 heteroatoms. The Balaban J connectivity index is 1.07. The smallest absolute Gasteiger partial charge is 0.306 e. The predicted octanol–water partition coefficient (Wildman–Crippen LogP) is 10.5. The topological polar surface area (TPSA) is 38.8 Å². The minimum Gasteiger partial charge on any atom is -0.462 e. The van der Waals surface area contributed by atoms with Gasteiger partial charge >= 0.3 is 5.97 Å². The minimum absolute atomic E-state index is 0.0479. The fourth-order valence-electron chi connectivity index (χ4n) is 10.6. The van der Waals surface area contributed by atoms with Crippen LogP contribution in [0.5, 0.6) is 0 Å². The number of unbranched alkanes of at least 4 members (excludes halogenated alkanes) is 5. The summed E-state index contributed by atoms with van der Waals surface area (Å²) in [6.45, 7) is 13.6. The van der Waals surface area contributed by atoms with Gasteiger partial charge < -0.3 is 9.47 Å². The van der Waals surface area contributed by atoms with E-state index >= 15 is 0 Å². The molecule has 9 atom stereocenters. The molecule has 1 aliphatic heterocycles. The normalized spacial score (nSPS) is 38.5. The fourth-order valence-corrected chi connectivity index (χ4v) is 10.6. The zero-order valence-electron chi connectivity index (χ0n) is 27.6. The number of fused-ring (bicyclic) bond motifs is 5. The van der Waals surface area contributed by atoms with Gasteiger partial charge in [0.1, 0.15) is 6.10 Å². The number of hydrogen-bond acceptors (Lipinski definition) is 3. The Kier molecular flexibility index (Phi) is 10.7. The van der Waals surface area contributed by atoms with Crippen molar-refractivity contribution in [2.24, 2.45) is 46.3 Å². The highest BCUT2D eigenvalue weighted by atomic mass is 16.6. The highest BCUT2D eigenvalue weighted by Gasteiger charge is 2.59. The first-order valence-electron chi connectivity index (χ1n) is 18.2. The second-order valence-electron chi connectivity index (χ2n) is 16.3. The van der Waals surface area contributed by atoms with Crippen LogP contribution in [-0.4, -0.2) is 24.8 Å². The minimum atomic E-state index is 0.0479. The zero-order chi connectivity index (χ0) is 29.0. The van der Waals surface area contributed by atoms with E-state index in [-0.39, 0.29) is 12.1 Å². The Morgan fingerprint density at radius 1 is 0.927 bits per heavy atom. The largest absolute Gasteiger partial charge is 0.462 e. The van der Waals surface area contributed by atoms with E-state index in [4.69, 9.17) is 9.47 Å². The third kappa shape index (κ3) is 7.46. The summed E-state index contributed by atoms with van der Waals surface area (Å²) >= 11 is 0. The lowest BCUT2D eigenvalue weighted by Crippen LogP contribution is -2.51. The molecule has 4 aliphatic carbocycles. The van der Waals surface area contributed by atoms with Gasteiger partial charge in [0.2, 0.25) is 0 Å². The molecule has 5 rings (SSSR count). The predicted molar refractivity (Wildman–Crippen MR) is 170 cm³/mol. The van der Waals surface area contributed by atoms with Crippen molar-refractivity contribution in [1.29, 1.82) is 0 Å². The van der Waals surface area contributed by atoms with Crippen molar-refractivity contribution in [3.8, 4) is 0 Å². The summed E-state index contributed by atoms with van der Waals surface area (Å²) in [4.78, 5) is 12.7. The van der Waals surface area contributed by atoms with Crippen LogP contribution in [0.15, 0.2) is 11.6 Å². The van der Waals surface area contributed by atoms with Crippen molar-refractivity contribution in [3.63, 3.8) is 0 Å². The van der Waals surface area contributed by atoms with E-state index < -0.39 is 0 Å². The second kappa shape index (κ2) is 13.9. The number of carbonyl (C=O) groups is 1. The van der Waals surface area contributed by atoms with Crippen LogP contribution < -0.4 is 0 Å². The maximum absolute atomic E-state index is 12.7. The van der Waals surface area contributed by atoms with Gasteiger partial charge in [0.25, 0.3) is 0 Å². The molecule has 0 aromatic rings. The lowest BCUT2D eigenvalue weighted by molar-refractivity contribution is -0.151. The highest BCUT2D eigenvalue weighted by Crippen LogP contribution is 2.67. The summed E-state index contributed by atoms with van der Waals surface area (Å²) in [6.07, 6.45) is 27.0. The Hall–Kier alpha value is -0.830. The van der Waals surface area contributed by atoms with Crippen molar-refractivity contribution in [1.82, 2.24) is 0 Å². The standard InChI is InChI=1S/C38H64O3/c1-27(2)13-12-14-28(3)33-19-20-34-32-18-17-29-25-30(21-23-37(29,4)35(32)22-24-38(33,34)5)41-36(39)16-11-9-7-6-8-10-15-31-26-40-31/h17,27-28,30-35H,6-16,18-26H2,1-5H3/t28-,30+,31?,32+,33-,34+,35+,37+,38-/m1/s1. The molecular weight excluding hydrogens is 504 g/mol. The first kappa shape index (κ1) is 31.6. The SMILES string of the molecule is CC(C)CCC[C@@H](C)[C@H]1CC[C@H]2[C@@H]3CC=C4C[C@@H](OC(=O)CCCCCCCCC5CO5)CC[C@]4(C)[C@H]3CC[C@]12C. The molecule has 1 heterocycles. The van der Waals surface area contributed by atoms with Crippen LogP contribution in [0.4, 0.5) is 0 Å². The molecular formula is C38H64O3. The summed E-state index contributed by atoms with van der Waals surface area (Å²) in [6, 6.07) is 0. The Morgan fingerprint density at radius 3 is 2.44 bits per heavy atom. The van der Waals surface area contributed by atoms with Crippen LogP contribution in [0.3, 0.4) is 0 Å². The van der Waals surface area contributed by atoms with E-state index in [9.17, 15) is 4.79 Å². The summed E-state index contributed by atoms with van der Waals surface area (Å²) < 4.78 is 11.4. The zero-order valence-corrected chi connectivity index (χ0v) is 27.6. The molecule has 0 radical (unpaired) electrons. The molecule has 3 nitrogen and oxygen atoms in total. The maximum atomic E-state index is 12.7. The number of esters is 1.